The maximum absolute atomic E-state index is 12.4. The van der Waals surface area contributed by atoms with Gasteiger partial charge in [-0.05, 0) is 64.2 Å². The number of hydrogen-bond donors (Lipinski definition) is 3. The molecule has 1 amide bonds. The van der Waals surface area contributed by atoms with E-state index in [0.717, 1.165) is 57.8 Å². The minimum absolute atomic E-state index is 0.0107. The Morgan fingerprint density at radius 1 is 0.412 bits per heavy atom. The Labute approximate surface area is 424 Å². The van der Waals surface area contributed by atoms with E-state index in [1.807, 2.05) is 6.08 Å². The van der Waals surface area contributed by atoms with Crippen LogP contribution in [0.15, 0.2) is 36.5 Å². The zero-order chi connectivity index (χ0) is 49.3. The van der Waals surface area contributed by atoms with Crippen LogP contribution in [0.3, 0.4) is 0 Å². The zero-order valence-electron chi connectivity index (χ0n) is 45.6. The number of aliphatic hydroxyl groups is 2. The SMILES string of the molecule is CCCCCCCCCC/C=C/C(O)C(CO)NC(=O)CCCCCCCCC/C=C\C/C=C\CCCCCCCCCCCOC(=O)CCCCCCCCCCCCCCCCCCCC. The molecule has 3 N–H and O–H groups in total. The lowest BCUT2D eigenvalue weighted by atomic mass is 10.0. The Balaban J connectivity index is 3.42. The number of carbonyl (C=O) groups is 2. The van der Waals surface area contributed by atoms with Gasteiger partial charge in [0.25, 0.3) is 0 Å². The van der Waals surface area contributed by atoms with Crippen molar-refractivity contribution in [3.8, 4) is 0 Å². The molecule has 0 aliphatic rings. The molecule has 6 heteroatoms. The quantitative estimate of drug-likeness (QED) is 0.0321. The summed E-state index contributed by atoms with van der Waals surface area (Å²) in [5.74, 6) is -0.0696. The van der Waals surface area contributed by atoms with Crippen LogP contribution in [-0.2, 0) is 14.3 Å². The highest BCUT2D eigenvalue weighted by molar-refractivity contribution is 5.76. The molecule has 0 aromatic heterocycles. The summed E-state index contributed by atoms with van der Waals surface area (Å²) in [6.45, 7) is 4.89. The van der Waals surface area contributed by atoms with Gasteiger partial charge in [-0.2, -0.15) is 0 Å². The average molecular weight is 957 g/mol. The van der Waals surface area contributed by atoms with E-state index in [4.69, 9.17) is 4.74 Å². The van der Waals surface area contributed by atoms with E-state index in [2.05, 4.69) is 43.5 Å². The summed E-state index contributed by atoms with van der Waals surface area (Å²) >= 11 is 0. The summed E-state index contributed by atoms with van der Waals surface area (Å²) in [6, 6.07) is -0.634. The van der Waals surface area contributed by atoms with E-state index in [-0.39, 0.29) is 18.5 Å². The Morgan fingerprint density at radius 2 is 0.735 bits per heavy atom. The molecule has 0 rings (SSSR count). The summed E-state index contributed by atoms with van der Waals surface area (Å²) in [4.78, 5) is 24.5. The second-order valence-corrected chi connectivity index (χ2v) is 20.7. The Morgan fingerprint density at radius 3 is 1.12 bits per heavy atom. The predicted molar refractivity (Wildman–Crippen MR) is 296 cm³/mol. The molecular weight excluding hydrogens is 839 g/mol. The van der Waals surface area contributed by atoms with E-state index in [1.165, 1.54) is 238 Å². The third kappa shape index (κ3) is 53.4. The van der Waals surface area contributed by atoms with Gasteiger partial charge in [0.1, 0.15) is 0 Å². The molecular formula is C62H117NO5. The fourth-order valence-electron chi connectivity index (χ4n) is 9.25. The van der Waals surface area contributed by atoms with Gasteiger partial charge in [0, 0.05) is 12.8 Å². The lowest BCUT2D eigenvalue weighted by molar-refractivity contribution is -0.143. The van der Waals surface area contributed by atoms with E-state index >= 15 is 0 Å². The van der Waals surface area contributed by atoms with Crippen LogP contribution in [0.1, 0.15) is 322 Å². The molecule has 2 unspecified atom stereocenters. The first-order chi connectivity index (χ1) is 33.5. The van der Waals surface area contributed by atoms with Crippen molar-refractivity contribution < 1.29 is 24.5 Å². The van der Waals surface area contributed by atoms with Crippen molar-refractivity contribution in [2.75, 3.05) is 13.2 Å². The molecule has 68 heavy (non-hydrogen) atoms. The standard InChI is InChI=1S/C62H117NO5/c1-3-5-7-9-11-13-15-16-17-18-27-30-33-36-40-44-48-52-56-62(67)68-57-53-49-45-41-37-34-31-28-25-23-21-19-20-22-24-26-29-32-35-39-43-47-51-55-61(66)63-59(58-64)60(65)54-50-46-42-38-14-12-10-8-6-4-2/h19,21-22,24,50,54,59-60,64-65H,3-18,20,23,25-49,51-53,55-58H2,1-2H3,(H,63,66)/b21-19-,24-22-,54-50+. The van der Waals surface area contributed by atoms with Gasteiger partial charge in [-0.1, -0.05) is 281 Å². The molecule has 6 nitrogen and oxygen atoms in total. The third-order valence-corrected chi connectivity index (χ3v) is 13.9. The molecule has 400 valence electrons. The molecule has 0 bridgehead atoms. The summed E-state index contributed by atoms with van der Waals surface area (Å²) in [5.41, 5.74) is 0. The van der Waals surface area contributed by atoms with E-state index < -0.39 is 12.1 Å². The Hall–Kier alpha value is -1.92. The lowest BCUT2D eigenvalue weighted by Gasteiger charge is -2.20. The van der Waals surface area contributed by atoms with Gasteiger partial charge in [0.2, 0.25) is 5.91 Å². The van der Waals surface area contributed by atoms with Crippen molar-refractivity contribution in [3.05, 3.63) is 36.5 Å². The molecule has 0 radical (unpaired) electrons. The molecule has 0 spiro atoms. The number of rotatable bonds is 56. The van der Waals surface area contributed by atoms with Crippen LogP contribution in [0.5, 0.6) is 0 Å². The van der Waals surface area contributed by atoms with Crippen LogP contribution in [-0.4, -0.2) is 47.4 Å². The summed E-state index contributed by atoms with van der Waals surface area (Å²) in [5, 5.41) is 23.0. The van der Waals surface area contributed by atoms with Gasteiger partial charge >= 0.3 is 5.97 Å². The minimum atomic E-state index is -0.849. The van der Waals surface area contributed by atoms with Gasteiger partial charge in [-0.3, -0.25) is 9.59 Å². The van der Waals surface area contributed by atoms with Crippen LogP contribution >= 0.6 is 0 Å². The number of amides is 1. The first-order valence-electron chi connectivity index (χ1n) is 30.3. The third-order valence-electron chi connectivity index (χ3n) is 13.9. The van der Waals surface area contributed by atoms with E-state index in [1.54, 1.807) is 6.08 Å². The van der Waals surface area contributed by atoms with E-state index in [0.29, 0.717) is 19.4 Å². The van der Waals surface area contributed by atoms with Crippen LogP contribution < -0.4 is 5.32 Å². The number of unbranched alkanes of at least 4 members (excludes halogenated alkanes) is 41. The maximum Gasteiger partial charge on any atom is 0.305 e. The predicted octanol–water partition coefficient (Wildman–Crippen LogP) is 18.8. The average Bonchev–Trinajstić information content (AvgIpc) is 3.34. The largest absolute Gasteiger partial charge is 0.466 e. The molecule has 0 aliphatic carbocycles. The normalized spacial score (nSPS) is 12.8. The highest BCUT2D eigenvalue weighted by Crippen LogP contribution is 2.17. The Bertz CT molecular complexity index is 1100. The van der Waals surface area contributed by atoms with Gasteiger partial charge in [-0.15, -0.1) is 0 Å². The molecule has 0 saturated carbocycles. The number of esters is 1. The van der Waals surface area contributed by atoms with E-state index in [9.17, 15) is 19.8 Å². The van der Waals surface area contributed by atoms with Crippen molar-refractivity contribution in [3.63, 3.8) is 0 Å². The van der Waals surface area contributed by atoms with Crippen molar-refractivity contribution in [1.29, 1.82) is 0 Å². The molecule has 0 saturated heterocycles. The fourth-order valence-corrected chi connectivity index (χ4v) is 9.25. The van der Waals surface area contributed by atoms with Crippen molar-refractivity contribution in [1.82, 2.24) is 5.32 Å². The van der Waals surface area contributed by atoms with Crippen LogP contribution in [0.25, 0.3) is 0 Å². The van der Waals surface area contributed by atoms with Crippen LogP contribution in [0.4, 0.5) is 0 Å². The molecule has 2 atom stereocenters. The second-order valence-electron chi connectivity index (χ2n) is 20.7. The zero-order valence-corrected chi connectivity index (χ0v) is 45.6. The molecule has 0 aliphatic heterocycles. The van der Waals surface area contributed by atoms with Gasteiger partial charge in [-0.25, -0.2) is 0 Å². The number of ether oxygens (including phenoxy) is 1. The highest BCUT2D eigenvalue weighted by Gasteiger charge is 2.18. The van der Waals surface area contributed by atoms with Crippen LogP contribution in [0.2, 0.25) is 0 Å². The first kappa shape index (κ1) is 66.1. The number of allylic oxidation sites excluding steroid dienone is 5. The van der Waals surface area contributed by atoms with Crippen molar-refractivity contribution >= 4 is 11.9 Å². The smallest absolute Gasteiger partial charge is 0.305 e. The number of nitrogens with one attached hydrogen (secondary N) is 1. The Kier molecular flexibility index (Phi) is 56.0. The number of aliphatic hydroxyl groups excluding tert-OH is 2. The second kappa shape index (κ2) is 57.7. The number of hydrogen-bond acceptors (Lipinski definition) is 5. The number of carbonyl (C=O) groups excluding carboxylic acids is 2. The summed E-state index contributed by atoms with van der Waals surface area (Å²) in [7, 11) is 0. The van der Waals surface area contributed by atoms with Gasteiger partial charge < -0.3 is 20.3 Å². The van der Waals surface area contributed by atoms with Crippen LogP contribution in [0, 0.1) is 0 Å². The summed E-state index contributed by atoms with van der Waals surface area (Å²) < 4.78 is 5.49. The lowest BCUT2D eigenvalue weighted by Crippen LogP contribution is -2.45. The molecule has 0 heterocycles. The minimum Gasteiger partial charge on any atom is -0.466 e. The molecule has 0 aromatic rings. The summed E-state index contributed by atoms with van der Waals surface area (Å²) in [6.07, 6.45) is 71.9. The topological polar surface area (TPSA) is 95.9 Å². The van der Waals surface area contributed by atoms with Crippen molar-refractivity contribution in [2.45, 2.75) is 334 Å². The first-order valence-corrected chi connectivity index (χ1v) is 30.3. The monoisotopic (exact) mass is 956 g/mol. The maximum atomic E-state index is 12.4. The van der Waals surface area contributed by atoms with Gasteiger partial charge in [0.15, 0.2) is 0 Å². The molecule has 0 fully saturated rings. The fraction of sp³-hybridized carbons (Fsp3) is 0.871. The van der Waals surface area contributed by atoms with Gasteiger partial charge in [0.05, 0.1) is 25.4 Å². The molecule has 0 aromatic carbocycles. The highest BCUT2D eigenvalue weighted by atomic mass is 16.5. The van der Waals surface area contributed by atoms with Crippen molar-refractivity contribution in [2.24, 2.45) is 0 Å².